The molecule has 1 saturated heterocycles. The van der Waals surface area contributed by atoms with Crippen LogP contribution < -0.4 is 0 Å². The van der Waals surface area contributed by atoms with Crippen LogP contribution >= 0.6 is 0 Å². The molecule has 1 fully saturated rings. The van der Waals surface area contributed by atoms with E-state index in [0.717, 1.165) is 5.56 Å². The molecule has 0 aliphatic carbocycles. The topological polar surface area (TPSA) is 78.9 Å². The first-order valence-electron chi connectivity index (χ1n) is 5.68. The van der Waals surface area contributed by atoms with Crippen molar-refractivity contribution >= 4 is 16.4 Å². The molecule has 0 radical (unpaired) electrons. The fourth-order valence-corrected chi connectivity index (χ4v) is 2.84. The van der Waals surface area contributed by atoms with E-state index in [1.54, 1.807) is 12.1 Å². The Labute approximate surface area is 111 Å². The van der Waals surface area contributed by atoms with Gasteiger partial charge in [-0.05, 0) is 19.4 Å². The molecule has 6 nitrogen and oxygen atoms in total. The number of rotatable bonds is 3. The molecular weight excluding hydrogens is 272 g/mol. The lowest BCUT2D eigenvalue weighted by Crippen LogP contribution is -2.44. The zero-order valence-electron chi connectivity index (χ0n) is 10.5. The summed E-state index contributed by atoms with van der Waals surface area (Å²) in [5.74, 6) is -0.773. The van der Waals surface area contributed by atoms with E-state index in [-0.39, 0.29) is 6.61 Å². The second kappa shape index (κ2) is 4.92. The number of carbonyl (C=O) groups excluding carboxylic acids is 1. The van der Waals surface area contributed by atoms with Gasteiger partial charge >= 0.3 is 16.4 Å². The van der Waals surface area contributed by atoms with Crippen LogP contribution in [0.15, 0.2) is 30.3 Å². The second-order valence-corrected chi connectivity index (χ2v) is 5.57. The van der Waals surface area contributed by atoms with Gasteiger partial charge in [0.15, 0.2) is 0 Å². The van der Waals surface area contributed by atoms with Crippen molar-refractivity contribution in [2.24, 2.45) is 0 Å². The first kappa shape index (κ1) is 14.0. The molecule has 1 aliphatic rings. The Hall–Kier alpha value is -1.44. The summed E-state index contributed by atoms with van der Waals surface area (Å²) in [6, 6.07) is 9.05. The quantitative estimate of drug-likeness (QED) is 0.776. The van der Waals surface area contributed by atoms with Gasteiger partial charge in [0.2, 0.25) is 5.60 Å². The number of esters is 1. The van der Waals surface area contributed by atoms with E-state index in [1.807, 2.05) is 18.2 Å². The maximum atomic E-state index is 11.9. The lowest BCUT2D eigenvalue weighted by Gasteiger charge is -2.21. The predicted octanol–water partition coefficient (Wildman–Crippen LogP) is 1.17. The third kappa shape index (κ3) is 2.94. The smallest absolute Gasteiger partial charge is 0.401 e. The summed E-state index contributed by atoms with van der Waals surface area (Å²) < 4.78 is 36.7. The molecule has 2 atom stereocenters. The zero-order chi connectivity index (χ0) is 14.1. The van der Waals surface area contributed by atoms with Gasteiger partial charge in [-0.25, -0.2) is 13.2 Å². The molecule has 0 saturated carbocycles. The molecule has 1 aromatic carbocycles. The van der Waals surface area contributed by atoms with Crippen LogP contribution in [-0.4, -0.2) is 26.1 Å². The van der Waals surface area contributed by atoms with Gasteiger partial charge in [-0.3, -0.25) is 0 Å². The van der Waals surface area contributed by atoms with E-state index in [0.29, 0.717) is 0 Å². The summed E-state index contributed by atoms with van der Waals surface area (Å²) in [5.41, 5.74) is -0.845. The van der Waals surface area contributed by atoms with Crippen LogP contribution in [0.2, 0.25) is 0 Å². The van der Waals surface area contributed by atoms with Crippen molar-refractivity contribution in [2.45, 2.75) is 32.2 Å². The molecule has 0 amide bonds. The molecule has 1 aliphatic heterocycles. The number of carbonyl (C=O) groups is 1. The lowest BCUT2D eigenvalue weighted by atomic mass is 10.0. The van der Waals surface area contributed by atoms with Crippen LogP contribution in [0.3, 0.4) is 0 Å². The molecule has 0 N–H and O–H groups in total. The number of hydrogen-bond acceptors (Lipinski definition) is 6. The summed E-state index contributed by atoms with van der Waals surface area (Å²) in [5, 5.41) is 0. The van der Waals surface area contributed by atoms with Gasteiger partial charge in [0.05, 0.1) is 0 Å². The molecule has 104 valence electrons. The van der Waals surface area contributed by atoms with Crippen molar-refractivity contribution in [1.29, 1.82) is 0 Å². The number of ether oxygens (including phenoxy) is 1. The van der Waals surface area contributed by atoms with Crippen molar-refractivity contribution in [3.8, 4) is 0 Å². The van der Waals surface area contributed by atoms with Crippen molar-refractivity contribution in [2.75, 3.05) is 0 Å². The maximum Gasteiger partial charge on any atom is 0.401 e. The molecule has 1 heterocycles. The predicted molar refractivity (Wildman–Crippen MR) is 65.2 cm³/mol. The number of hydrogen-bond donors (Lipinski definition) is 0. The maximum absolute atomic E-state index is 11.9. The van der Waals surface area contributed by atoms with Crippen LogP contribution in [0.25, 0.3) is 0 Å². The number of benzene rings is 1. The highest BCUT2D eigenvalue weighted by atomic mass is 32.3. The summed E-state index contributed by atoms with van der Waals surface area (Å²) in [6.45, 7) is 2.81. The molecule has 2 rings (SSSR count). The van der Waals surface area contributed by atoms with E-state index in [2.05, 4.69) is 8.37 Å². The monoisotopic (exact) mass is 286 g/mol. The normalized spacial score (nSPS) is 29.1. The fourth-order valence-electron chi connectivity index (χ4n) is 1.63. The van der Waals surface area contributed by atoms with Crippen LogP contribution in [0, 0.1) is 0 Å². The van der Waals surface area contributed by atoms with E-state index >= 15 is 0 Å². The molecule has 1 aromatic rings. The zero-order valence-corrected chi connectivity index (χ0v) is 11.3. The van der Waals surface area contributed by atoms with Gasteiger partial charge in [0.1, 0.15) is 12.7 Å². The van der Waals surface area contributed by atoms with Gasteiger partial charge in [0.25, 0.3) is 0 Å². The molecule has 0 bridgehead atoms. The van der Waals surface area contributed by atoms with Gasteiger partial charge in [-0.1, -0.05) is 30.3 Å². The average Bonchev–Trinajstić information content (AvgIpc) is 2.57. The average molecular weight is 286 g/mol. The minimum absolute atomic E-state index is 0.0470. The van der Waals surface area contributed by atoms with Crippen LogP contribution in [0.1, 0.15) is 19.4 Å². The minimum Gasteiger partial charge on any atom is -0.459 e. The molecule has 0 aromatic heterocycles. The Morgan fingerprint density at radius 2 is 2.00 bits per heavy atom. The Bertz CT molecular complexity index is 567. The van der Waals surface area contributed by atoms with Gasteiger partial charge in [0, 0.05) is 0 Å². The Morgan fingerprint density at radius 3 is 2.53 bits per heavy atom. The first-order chi connectivity index (χ1) is 8.83. The van der Waals surface area contributed by atoms with E-state index in [1.165, 1.54) is 13.8 Å². The highest BCUT2D eigenvalue weighted by Crippen LogP contribution is 2.32. The lowest BCUT2D eigenvalue weighted by molar-refractivity contribution is -0.163. The van der Waals surface area contributed by atoms with Gasteiger partial charge in [-0.15, -0.1) is 0 Å². The third-order valence-corrected chi connectivity index (χ3v) is 4.01. The van der Waals surface area contributed by atoms with E-state index < -0.39 is 28.1 Å². The summed E-state index contributed by atoms with van der Waals surface area (Å²) in [4.78, 5) is 11.9. The largest absolute Gasteiger partial charge is 0.459 e. The van der Waals surface area contributed by atoms with Crippen molar-refractivity contribution < 1.29 is 26.3 Å². The minimum atomic E-state index is -4.13. The van der Waals surface area contributed by atoms with Crippen LogP contribution in [0.5, 0.6) is 0 Å². The SMILES string of the molecule is C[C@@H]1OS(=O)(=O)O[C@@]1(C)C(=O)OCc1ccccc1. The summed E-state index contributed by atoms with van der Waals surface area (Å²) in [6.07, 6.45) is -0.930. The van der Waals surface area contributed by atoms with Crippen LogP contribution in [-0.2, 0) is 34.9 Å². The highest BCUT2D eigenvalue weighted by molar-refractivity contribution is 7.82. The van der Waals surface area contributed by atoms with Crippen molar-refractivity contribution in [1.82, 2.24) is 0 Å². The third-order valence-electron chi connectivity index (χ3n) is 2.93. The van der Waals surface area contributed by atoms with E-state index in [9.17, 15) is 13.2 Å². The summed E-state index contributed by atoms with van der Waals surface area (Å²) in [7, 11) is -4.13. The van der Waals surface area contributed by atoms with Gasteiger partial charge < -0.3 is 4.74 Å². The summed E-state index contributed by atoms with van der Waals surface area (Å²) >= 11 is 0. The molecule has 0 unspecified atom stereocenters. The Morgan fingerprint density at radius 1 is 1.37 bits per heavy atom. The standard InChI is InChI=1S/C12H14O6S/c1-9-12(2,18-19(14,15)17-9)11(13)16-8-10-6-4-3-5-7-10/h3-7,9H,8H2,1-2H3/t9-,12+/m0/s1. The molecule has 7 heteroatoms. The Balaban J connectivity index is 2.04. The van der Waals surface area contributed by atoms with E-state index in [4.69, 9.17) is 4.74 Å². The van der Waals surface area contributed by atoms with Crippen LogP contribution in [0.4, 0.5) is 0 Å². The molecular formula is C12H14O6S. The second-order valence-electron chi connectivity index (χ2n) is 4.40. The van der Waals surface area contributed by atoms with Crippen molar-refractivity contribution in [3.63, 3.8) is 0 Å². The van der Waals surface area contributed by atoms with Gasteiger partial charge in [-0.2, -0.15) is 8.42 Å². The highest BCUT2D eigenvalue weighted by Gasteiger charge is 2.54. The Kier molecular flexibility index (Phi) is 3.62. The van der Waals surface area contributed by atoms with Crippen molar-refractivity contribution in [3.05, 3.63) is 35.9 Å². The fraction of sp³-hybridized carbons (Fsp3) is 0.417. The molecule has 0 spiro atoms. The molecule has 19 heavy (non-hydrogen) atoms. The first-order valence-corrected chi connectivity index (χ1v) is 7.02.